The fraction of sp³-hybridized carbons (Fsp3) is 0.600. The van der Waals surface area contributed by atoms with E-state index in [-0.39, 0.29) is 31.2 Å². The van der Waals surface area contributed by atoms with Gasteiger partial charge in [0.1, 0.15) is 0 Å². The minimum Gasteiger partial charge on any atom is -0.348 e. The van der Waals surface area contributed by atoms with Gasteiger partial charge >= 0.3 is 6.18 Å². The Labute approximate surface area is 136 Å². The summed E-state index contributed by atoms with van der Waals surface area (Å²) in [5.74, 6) is -2.09. The average Bonchev–Trinajstić information content (AvgIpc) is 2.99. The Morgan fingerprint density at radius 1 is 1.48 bits per heavy atom. The highest BCUT2D eigenvalue weighted by atomic mass is 32.1. The number of hydrogen-bond donors (Lipinski definition) is 1. The zero-order valence-electron chi connectivity index (χ0n) is 12.7. The van der Waals surface area contributed by atoms with Crippen molar-refractivity contribution in [2.45, 2.75) is 38.4 Å². The van der Waals surface area contributed by atoms with Gasteiger partial charge in [0.2, 0.25) is 11.8 Å². The van der Waals surface area contributed by atoms with Crippen molar-refractivity contribution in [3.63, 3.8) is 0 Å². The Morgan fingerprint density at radius 3 is 2.78 bits per heavy atom. The molecule has 0 spiro atoms. The normalized spacial score (nSPS) is 20.2. The van der Waals surface area contributed by atoms with E-state index in [1.54, 1.807) is 12.1 Å². The number of piperidine rings is 1. The molecule has 8 heteroatoms. The van der Waals surface area contributed by atoms with E-state index in [4.69, 9.17) is 0 Å². The number of amides is 2. The van der Waals surface area contributed by atoms with Crippen LogP contribution in [0.1, 0.15) is 37.1 Å². The molecule has 0 aliphatic carbocycles. The van der Waals surface area contributed by atoms with Crippen LogP contribution in [0.5, 0.6) is 0 Å². The van der Waals surface area contributed by atoms with Crippen LogP contribution in [0, 0.1) is 5.92 Å². The van der Waals surface area contributed by atoms with Gasteiger partial charge in [0, 0.05) is 24.9 Å². The number of nitrogens with one attached hydrogen (secondary N) is 1. The summed E-state index contributed by atoms with van der Waals surface area (Å²) < 4.78 is 38.5. The van der Waals surface area contributed by atoms with Crippen LogP contribution in [0.4, 0.5) is 13.2 Å². The second kappa shape index (κ2) is 7.33. The molecule has 0 aromatic carbocycles. The quantitative estimate of drug-likeness (QED) is 0.909. The minimum atomic E-state index is -4.27. The third kappa shape index (κ3) is 4.95. The molecule has 0 unspecified atom stereocenters. The number of thiophene rings is 1. The molecule has 2 heterocycles. The Balaban J connectivity index is 2.02. The zero-order valence-corrected chi connectivity index (χ0v) is 13.5. The summed E-state index contributed by atoms with van der Waals surface area (Å²) in [6, 6.07) is 3.11. The smallest absolute Gasteiger partial charge is 0.348 e. The van der Waals surface area contributed by atoms with Crippen molar-refractivity contribution in [2.75, 3.05) is 13.1 Å². The van der Waals surface area contributed by atoms with Crippen molar-refractivity contribution in [1.82, 2.24) is 10.2 Å². The predicted octanol–water partition coefficient (Wildman–Crippen LogP) is 3.12. The molecular weight excluding hydrogens is 329 g/mol. The topological polar surface area (TPSA) is 49.4 Å². The van der Waals surface area contributed by atoms with E-state index in [0.717, 1.165) is 4.88 Å². The van der Waals surface area contributed by atoms with Crippen LogP contribution in [0.2, 0.25) is 0 Å². The molecule has 23 heavy (non-hydrogen) atoms. The zero-order chi connectivity index (χ0) is 17.0. The van der Waals surface area contributed by atoms with Gasteiger partial charge in [0.15, 0.2) is 0 Å². The molecule has 1 aliphatic heterocycles. The summed E-state index contributed by atoms with van der Waals surface area (Å²) in [5, 5.41) is 4.52. The maximum atomic E-state index is 12.8. The number of likely N-dealkylation sites (tertiary alicyclic amines) is 1. The van der Waals surface area contributed by atoms with E-state index in [2.05, 4.69) is 5.32 Å². The molecule has 2 amide bonds. The lowest BCUT2D eigenvalue weighted by molar-refractivity contribution is -0.188. The maximum Gasteiger partial charge on any atom is 0.393 e. The summed E-state index contributed by atoms with van der Waals surface area (Å²) >= 11 is 1.40. The van der Waals surface area contributed by atoms with E-state index in [0.29, 0.717) is 13.0 Å². The van der Waals surface area contributed by atoms with E-state index in [9.17, 15) is 22.8 Å². The lowest BCUT2D eigenvalue weighted by atomic mass is 9.97. The average molecular weight is 348 g/mol. The predicted molar refractivity (Wildman–Crippen MR) is 80.9 cm³/mol. The van der Waals surface area contributed by atoms with Crippen LogP contribution < -0.4 is 5.32 Å². The SMILES string of the molecule is CC(=O)N[C@H](CC(=O)N1CCC[C@H](C(F)(F)F)C1)c1cccs1. The number of nitrogens with zero attached hydrogens (tertiary/aromatic N) is 1. The maximum absolute atomic E-state index is 12.8. The molecule has 2 rings (SSSR count). The second-order valence-corrected chi connectivity index (χ2v) is 6.67. The van der Waals surface area contributed by atoms with Gasteiger partial charge in [-0.05, 0) is 24.3 Å². The summed E-state index contributed by atoms with van der Waals surface area (Å²) in [6.07, 6.45) is -3.89. The molecular formula is C15H19F3N2O2S. The third-order valence-corrected chi connectivity index (χ3v) is 4.87. The fourth-order valence-corrected chi connectivity index (χ4v) is 3.51. The summed E-state index contributed by atoms with van der Waals surface area (Å²) in [7, 11) is 0. The summed E-state index contributed by atoms with van der Waals surface area (Å²) in [4.78, 5) is 25.8. The first-order valence-corrected chi connectivity index (χ1v) is 8.30. The van der Waals surface area contributed by atoms with Crippen LogP contribution in [0.25, 0.3) is 0 Å². The standard InChI is InChI=1S/C15H19F3N2O2S/c1-10(21)19-12(13-5-3-7-23-13)8-14(22)20-6-2-4-11(9-20)15(16,17)18/h3,5,7,11-12H,2,4,6,8-9H2,1H3,(H,19,21)/t11-,12+/m0/s1. The van der Waals surface area contributed by atoms with Crippen LogP contribution >= 0.6 is 11.3 Å². The molecule has 1 aromatic heterocycles. The van der Waals surface area contributed by atoms with Crippen LogP contribution in [0.3, 0.4) is 0 Å². The molecule has 0 radical (unpaired) electrons. The number of hydrogen-bond acceptors (Lipinski definition) is 3. The van der Waals surface area contributed by atoms with Gasteiger partial charge < -0.3 is 10.2 Å². The molecule has 1 saturated heterocycles. The Hall–Kier alpha value is -1.57. The molecule has 0 saturated carbocycles. The van der Waals surface area contributed by atoms with E-state index in [1.165, 1.54) is 23.2 Å². The molecule has 128 valence electrons. The Morgan fingerprint density at radius 2 is 2.22 bits per heavy atom. The molecule has 1 N–H and O–H groups in total. The van der Waals surface area contributed by atoms with Gasteiger partial charge in [0.25, 0.3) is 0 Å². The highest BCUT2D eigenvalue weighted by molar-refractivity contribution is 7.10. The largest absolute Gasteiger partial charge is 0.393 e. The van der Waals surface area contributed by atoms with Crippen molar-refractivity contribution >= 4 is 23.2 Å². The van der Waals surface area contributed by atoms with Crippen molar-refractivity contribution in [3.8, 4) is 0 Å². The van der Waals surface area contributed by atoms with Gasteiger partial charge in [-0.15, -0.1) is 11.3 Å². The van der Waals surface area contributed by atoms with Crippen molar-refractivity contribution in [1.29, 1.82) is 0 Å². The van der Waals surface area contributed by atoms with Crippen LogP contribution in [-0.4, -0.2) is 36.0 Å². The van der Waals surface area contributed by atoms with Gasteiger partial charge in [-0.25, -0.2) is 0 Å². The first-order chi connectivity index (χ1) is 10.8. The van der Waals surface area contributed by atoms with Crippen molar-refractivity contribution in [3.05, 3.63) is 22.4 Å². The second-order valence-electron chi connectivity index (χ2n) is 5.69. The molecule has 0 bridgehead atoms. The van der Waals surface area contributed by atoms with Gasteiger partial charge in [0.05, 0.1) is 18.4 Å². The number of halogens is 3. The van der Waals surface area contributed by atoms with Crippen LogP contribution in [-0.2, 0) is 9.59 Å². The molecule has 2 atom stereocenters. The fourth-order valence-electron chi connectivity index (χ4n) is 2.73. The minimum absolute atomic E-state index is 0.0231. The van der Waals surface area contributed by atoms with E-state index < -0.39 is 18.1 Å². The van der Waals surface area contributed by atoms with Crippen LogP contribution in [0.15, 0.2) is 17.5 Å². The highest BCUT2D eigenvalue weighted by Gasteiger charge is 2.42. The van der Waals surface area contributed by atoms with Crippen molar-refractivity contribution in [2.24, 2.45) is 5.92 Å². The lowest BCUT2D eigenvalue weighted by Crippen LogP contribution is -2.45. The Bertz CT molecular complexity index is 545. The molecule has 1 aliphatic rings. The van der Waals surface area contributed by atoms with E-state index in [1.807, 2.05) is 5.38 Å². The number of carbonyl (C=O) groups is 2. The monoisotopic (exact) mass is 348 g/mol. The number of rotatable bonds is 4. The summed E-state index contributed by atoms with van der Waals surface area (Å²) in [6.45, 7) is 1.40. The van der Waals surface area contributed by atoms with Gasteiger partial charge in [-0.2, -0.15) is 13.2 Å². The summed E-state index contributed by atoms with van der Waals surface area (Å²) in [5.41, 5.74) is 0. The third-order valence-electron chi connectivity index (χ3n) is 3.88. The molecule has 1 fully saturated rings. The number of carbonyl (C=O) groups excluding carboxylic acids is 2. The van der Waals surface area contributed by atoms with Gasteiger partial charge in [-0.3, -0.25) is 9.59 Å². The Kier molecular flexibility index (Phi) is 5.67. The lowest BCUT2D eigenvalue weighted by Gasteiger charge is -2.34. The van der Waals surface area contributed by atoms with E-state index >= 15 is 0 Å². The van der Waals surface area contributed by atoms with Crippen molar-refractivity contribution < 1.29 is 22.8 Å². The highest BCUT2D eigenvalue weighted by Crippen LogP contribution is 2.33. The first kappa shape index (κ1) is 17.8. The van der Waals surface area contributed by atoms with Gasteiger partial charge in [-0.1, -0.05) is 6.07 Å². The molecule has 4 nitrogen and oxygen atoms in total. The number of alkyl halides is 3. The first-order valence-electron chi connectivity index (χ1n) is 7.42. The molecule has 1 aromatic rings.